The molecule has 1 aromatic heterocycles. The van der Waals surface area contributed by atoms with E-state index in [4.69, 9.17) is 5.73 Å². The zero-order valence-corrected chi connectivity index (χ0v) is 22.0. The summed E-state index contributed by atoms with van der Waals surface area (Å²) >= 11 is 0. The van der Waals surface area contributed by atoms with Crippen LogP contribution in [0.25, 0.3) is 0 Å². The fourth-order valence-electron chi connectivity index (χ4n) is 6.26. The number of amides is 1. The van der Waals surface area contributed by atoms with Crippen molar-refractivity contribution in [3.8, 4) is 5.75 Å². The first-order valence-corrected chi connectivity index (χ1v) is 12.7. The molecule has 11 heteroatoms. The van der Waals surface area contributed by atoms with Crippen LogP contribution in [0.4, 0.5) is 5.69 Å². The Morgan fingerprint density at radius 1 is 1.21 bits per heavy atom. The number of phenolic OH excluding ortho intramolecular Hbond substituents is 1. The predicted molar refractivity (Wildman–Crippen MR) is 141 cm³/mol. The van der Waals surface area contributed by atoms with Gasteiger partial charge in [-0.05, 0) is 42.5 Å². The van der Waals surface area contributed by atoms with Crippen LogP contribution >= 0.6 is 0 Å². The highest BCUT2D eigenvalue weighted by atomic mass is 16.3. The number of hydrogen-bond acceptors (Lipinski definition) is 9. The zero-order chi connectivity index (χ0) is 28.4. The Morgan fingerprint density at radius 2 is 1.92 bits per heavy atom. The number of nitrogens with one attached hydrogen (secondary N) is 1. The number of nitrogens with two attached hydrogens (primary N) is 1. The van der Waals surface area contributed by atoms with Crippen LogP contribution < -0.4 is 16.0 Å². The number of carbonyl (C=O) groups is 3. The molecule has 0 radical (unpaired) electrons. The molecule has 7 N–H and O–H groups in total. The Kier molecular flexibility index (Phi) is 6.31. The van der Waals surface area contributed by atoms with Crippen molar-refractivity contribution in [3.05, 3.63) is 69.4 Å². The number of allylic oxidation sites excluding steroid dienone is 2. The lowest BCUT2D eigenvalue weighted by atomic mass is 9.60. The summed E-state index contributed by atoms with van der Waals surface area (Å²) in [4.78, 5) is 40.7. The normalized spacial score (nSPS) is 24.4. The van der Waals surface area contributed by atoms with Gasteiger partial charge in [0.25, 0.3) is 5.91 Å². The van der Waals surface area contributed by atoms with Gasteiger partial charge in [-0.15, -0.1) is 0 Å². The second-order valence-electron chi connectivity index (χ2n) is 10.8. The Morgan fingerprint density at radius 3 is 2.54 bits per heavy atom. The maximum absolute atomic E-state index is 13.9. The Bertz CT molecular complexity index is 1480. The number of fused-ring (bicyclic) bond motifs is 3. The van der Waals surface area contributed by atoms with E-state index in [-0.39, 0.29) is 42.7 Å². The maximum Gasteiger partial charge on any atom is 0.255 e. The number of rotatable bonds is 6. The van der Waals surface area contributed by atoms with Crippen molar-refractivity contribution < 1.29 is 34.8 Å². The molecule has 3 atom stereocenters. The molecule has 0 saturated heterocycles. The summed E-state index contributed by atoms with van der Waals surface area (Å²) in [5.74, 6) is -6.33. The molecule has 3 aliphatic carbocycles. The number of primary amides is 1. The molecule has 0 bridgehead atoms. The summed E-state index contributed by atoms with van der Waals surface area (Å²) in [7, 11) is 5.58. The second-order valence-corrected chi connectivity index (χ2v) is 10.8. The molecule has 39 heavy (non-hydrogen) atoms. The minimum Gasteiger partial charge on any atom is -0.511 e. The van der Waals surface area contributed by atoms with Gasteiger partial charge in [0.2, 0.25) is 5.78 Å². The largest absolute Gasteiger partial charge is 0.511 e. The first-order chi connectivity index (χ1) is 18.4. The van der Waals surface area contributed by atoms with Gasteiger partial charge in [-0.2, -0.15) is 0 Å². The van der Waals surface area contributed by atoms with Crippen LogP contribution in [0, 0.1) is 11.8 Å². The van der Waals surface area contributed by atoms with E-state index < -0.39 is 52.0 Å². The molecule has 0 spiro atoms. The lowest BCUT2D eigenvalue weighted by Gasteiger charge is -2.46. The first-order valence-electron chi connectivity index (χ1n) is 12.7. The van der Waals surface area contributed by atoms with E-state index in [1.807, 2.05) is 55.0 Å². The number of hydrogen-bond donors (Lipinski definition) is 6. The third kappa shape index (κ3) is 3.92. The number of ketones is 2. The predicted octanol–water partition coefficient (Wildman–Crippen LogP) is 1.27. The van der Waals surface area contributed by atoms with E-state index >= 15 is 0 Å². The molecule has 206 valence electrons. The molecular weight excluding hydrogens is 504 g/mol. The topological polar surface area (TPSA) is 178 Å². The number of phenols is 1. The number of carbonyl (C=O) groups excluding carboxylic acids is 3. The summed E-state index contributed by atoms with van der Waals surface area (Å²) < 4.78 is 1.97. The van der Waals surface area contributed by atoms with Crippen LogP contribution in [0.2, 0.25) is 0 Å². The first kappa shape index (κ1) is 26.5. The van der Waals surface area contributed by atoms with Crippen LogP contribution in [0.5, 0.6) is 5.75 Å². The molecule has 5 rings (SSSR count). The number of nitrogens with zero attached hydrogens (tertiary/aromatic N) is 2. The summed E-state index contributed by atoms with van der Waals surface area (Å²) in [5.41, 5.74) is 4.56. The fraction of sp³-hybridized carbons (Fsp3) is 0.393. The number of aromatic nitrogens is 1. The number of aliphatic hydroxyl groups excluding tert-OH is 2. The third-order valence-corrected chi connectivity index (χ3v) is 8.27. The molecule has 2 aromatic rings. The average molecular weight is 537 g/mol. The Balaban J connectivity index is 1.57. The van der Waals surface area contributed by atoms with Crippen molar-refractivity contribution in [1.29, 1.82) is 0 Å². The number of anilines is 1. The summed E-state index contributed by atoms with van der Waals surface area (Å²) in [5, 5.41) is 47.5. The van der Waals surface area contributed by atoms with E-state index in [1.54, 1.807) is 0 Å². The SMILES string of the molecule is CN(C)c1cc(CNCc2cccn2C)c(O)c2c1C[C@H]1C[C@H]3CC(O)=C(C(N)=O)C(=O)[C@@]3(O)C(O)=C1C2=O. The smallest absolute Gasteiger partial charge is 0.255 e. The maximum atomic E-state index is 13.9. The second kappa shape index (κ2) is 9.28. The van der Waals surface area contributed by atoms with Crippen LogP contribution in [0.3, 0.4) is 0 Å². The average Bonchev–Trinajstić information content (AvgIpc) is 3.26. The molecule has 1 heterocycles. The van der Waals surface area contributed by atoms with Crippen molar-refractivity contribution in [2.45, 2.75) is 38.0 Å². The van der Waals surface area contributed by atoms with Gasteiger partial charge in [0.05, 0.1) is 5.56 Å². The number of aromatic hydroxyl groups is 1. The number of Topliss-reactive ketones (excluding diaryl/α,β-unsaturated/α-hetero) is 2. The van der Waals surface area contributed by atoms with Crippen LogP contribution in [-0.2, 0) is 36.1 Å². The number of benzene rings is 1. The third-order valence-electron chi connectivity index (χ3n) is 8.27. The van der Waals surface area contributed by atoms with E-state index in [0.29, 0.717) is 17.7 Å². The molecule has 0 aliphatic heterocycles. The highest BCUT2D eigenvalue weighted by molar-refractivity contribution is 6.24. The quantitative estimate of drug-likeness (QED) is 0.297. The minimum absolute atomic E-state index is 0.00786. The van der Waals surface area contributed by atoms with Gasteiger partial charge in [-0.25, -0.2) is 0 Å². The van der Waals surface area contributed by atoms with Crippen LogP contribution in [-0.4, -0.2) is 62.2 Å². The molecule has 1 aromatic carbocycles. The number of aliphatic hydroxyl groups is 3. The van der Waals surface area contributed by atoms with E-state index in [0.717, 1.165) is 11.4 Å². The monoisotopic (exact) mass is 536 g/mol. The fourth-order valence-corrected chi connectivity index (χ4v) is 6.26. The van der Waals surface area contributed by atoms with Gasteiger partial charge < -0.3 is 40.9 Å². The Hall–Kier alpha value is -4.09. The van der Waals surface area contributed by atoms with Crippen molar-refractivity contribution in [3.63, 3.8) is 0 Å². The van der Waals surface area contributed by atoms with Crippen molar-refractivity contribution in [2.75, 3.05) is 19.0 Å². The van der Waals surface area contributed by atoms with Crippen molar-refractivity contribution in [2.24, 2.45) is 24.6 Å². The lowest BCUT2D eigenvalue weighted by Crippen LogP contribution is -2.57. The van der Waals surface area contributed by atoms with Gasteiger partial charge in [-0.1, -0.05) is 0 Å². The van der Waals surface area contributed by atoms with E-state index in [1.165, 1.54) is 0 Å². The highest BCUT2D eigenvalue weighted by Gasteiger charge is 2.59. The lowest BCUT2D eigenvalue weighted by molar-refractivity contribution is -0.144. The molecule has 0 unspecified atom stereocenters. The minimum atomic E-state index is -2.58. The van der Waals surface area contributed by atoms with Gasteiger partial charge in [0.1, 0.15) is 22.8 Å². The van der Waals surface area contributed by atoms with Crippen molar-refractivity contribution in [1.82, 2.24) is 9.88 Å². The summed E-state index contributed by atoms with van der Waals surface area (Å²) in [6.07, 6.45) is 2.02. The standard InChI is InChI=1S/C28H32N4O7/c1-31(2)18-9-14(11-30-12-16-5-4-6-32(16)3)23(34)21-17(18)8-13-7-15-10-19(33)22(27(29)38)26(37)28(15,39)25(36)20(13)24(21)35/h4-6,9,13,15,30,33-34,36,39H,7-8,10-12H2,1-3H3,(H2,29,38)/t13-,15+,28+/m1/s1. The van der Waals surface area contributed by atoms with Gasteiger partial charge in [0.15, 0.2) is 11.4 Å². The van der Waals surface area contributed by atoms with Crippen LogP contribution in [0.15, 0.2) is 47.1 Å². The number of aryl methyl sites for hydroxylation is 1. The zero-order valence-electron chi connectivity index (χ0n) is 22.0. The molecule has 3 aliphatic rings. The summed E-state index contributed by atoms with van der Waals surface area (Å²) in [6, 6.07) is 5.72. The molecule has 11 nitrogen and oxygen atoms in total. The van der Waals surface area contributed by atoms with E-state index in [2.05, 4.69) is 5.32 Å². The van der Waals surface area contributed by atoms with E-state index in [9.17, 15) is 34.8 Å². The Labute approximate surface area is 224 Å². The van der Waals surface area contributed by atoms with Crippen molar-refractivity contribution >= 4 is 23.2 Å². The highest BCUT2D eigenvalue weighted by Crippen LogP contribution is 2.52. The molecular formula is C28H32N4O7. The van der Waals surface area contributed by atoms with Crippen LogP contribution in [0.1, 0.15) is 40.0 Å². The molecule has 1 amide bonds. The van der Waals surface area contributed by atoms with Gasteiger partial charge >= 0.3 is 0 Å². The summed E-state index contributed by atoms with van der Waals surface area (Å²) in [6.45, 7) is 0.780. The van der Waals surface area contributed by atoms with Gasteiger partial charge in [-0.3, -0.25) is 14.4 Å². The molecule has 0 saturated carbocycles. The molecule has 0 fully saturated rings. The van der Waals surface area contributed by atoms with Gasteiger partial charge in [0, 0.05) is 75.3 Å².